The molecule has 0 spiro atoms. The number of nitrogens with one attached hydrogen (secondary N) is 3. The van der Waals surface area contributed by atoms with Crippen LogP contribution in [0.2, 0.25) is 10.0 Å². The van der Waals surface area contributed by atoms with Crippen LogP contribution in [0, 0.1) is 5.92 Å². The Labute approximate surface area is 221 Å². The van der Waals surface area contributed by atoms with Crippen molar-refractivity contribution in [3.8, 4) is 11.5 Å². The lowest BCUT2D eigenvalue weighted by atomic mass is 9.75. The van der Waals surface area contributed by atoms with E-state index in [-0.39, 0.29) is 30.0 Å². The van der Waals surface area contributed by atoms with Gasteiger partial charge in [-0.3, -0.25) is 10.2 Å². The van der Waals surface area contributed by atoms with Crippen LogP contribution >= 0.6 is 23.2 Å². The molecule has 0 radical (unpaired) electrons. The minimum Gasteiger partial charge on any atom is -0.495 e. The molecule has 2 aliphatic heterocycles. The number of hydrogen-bond donors (Lipinski definition) is 3. The number of anilines is 1. The molecule has 2 heterocycles. The van der Waals surface area contributed by atoms with Crippen molar-refractivity contribution >= 4 is 34.8 Å². The lowest BCUT2D eigenvalue weighted by Gasteiger charge is -2.34. The molecule has 36 heavy (non-hydrogen) atoms. The lowest BCUT2D eigenvalue weighted by Crippen LogP contribution is -2.47. The number of nitrogens with zero attached hydrogens (tertiary/aromatic N) is 1. The normalized spacial score (nSPS) is 25.8. The van der Waals surface area contributed by atoms with E-state index in [4.69, 9.17) is 37.4 Å². The molecule has 8 nitrogen and oxygen atoms in total. The topological polar surface area (TPSA) is 84.1 Å². The molecule has 3 fully saturated rings. The molecule has 3 N–H and O–H groups in total. The molecule has 5 rings (SSSR count). The number of fused-ring (bicyclic) bond motifs is 1. The van der Waals surface area contributed by atoms with E-state index in [0.29, 0.717) is 27.1 Å². The van der Waals surface area contributed by atoms with Gasteiger partial charge >= 0.3 is 0 Å². The van der Waals surface area contributed by atoms with E-state index < -0.39 is 0 Å². The Morgan fingerprint density at radius 2 is 1.69 bits per heavy atom. The second-order valence-electron chi connectivity index (χ2n) is 9.49. The number of amides is 1. The standard InChI is InChI=1S/C26H32Cl2N4O4/c1-34-20-14-21(35-2)24(28)22(23(20)27)16-5-8-18-19(13-16)30-31-25(18)29-26(33)15-3-6-17(7-4-15)32-9-11-36-12-10-32/h3-4,6-7,14,16,18-19,25,30-31H,5,8-13H2,1-2H3,(H,29,33). The molecular formula is C26H32Cl2N4O4. The summed E-state index contributed by atoms with van der Waals surface area (Å²) in [5.74, 6) is 1.42. The number of hydrogen-bond acceptors (Lipinski definition) is 7. The van der Waals surface area contributed by atoms with Gasteiger partial charge in [-0.15, -0.1) is 0 Å². The third-order valence-electron chi connectivity index (χ3n) is 7.56. The highest BCUT2D eigenvalue weighted by Crippen LogP contribution is 2.49. The Balaban J connectivity index is 1.23. The molecule has 2 aromatic rings. The van der Waals surface area contributed by atoms with E-state index in [1.165, 1.54) is 0 Å². The molecule has 0 aromatic heterocycles. The maximum absolute atomic E-state index is 13.0. The van der Waals surface area contributed by atoms with Crippen LogP contribution in [0.15, 0.2) is 30.3 Å². The summed E-state index contributed by atoms with van der Waals surface area (Å²) < 4.78 is 16.3. The van der Waals surface area contributed by atoms with Crippen LogP contribution in [0.3, 0.4) is 0 Å². The predicted octanol–water partition coefficient (Wildman–Crippen LogP) is 3.96. The quantitative estimate of drug-likeness (QED) is 0.517. The zero-order valence-corrected chi connectivity index (χ0v) is 22.0. The molecule has 3 aliphatic rings. The minimum absolute atomic E-state index is 0.0887. The highest BCUT2D eigenvalue weighted by Gasteiger charge is 2.42. The third-order valence-corrected chi connectivity index (χ3v) is 8.34. The Bertz CT molecular complexity index is 1070. The number of carbonyl (C=O) groups excluding carboxylic acids is 1. The molecule has 1 saturated carbocycles. The number of ether oxygens (including phenoxy) is 3. The van der Waals surface area contributed by atoms with Crippen molar-refractivity contribution in [2.24, 2.45) is 5.92 Å². The number of rotatable bonds is 6. The van der Waals surface area contributed by atoms with Crippen molar-refractivity contribution in [3.05, 3.63) is 51.5 Å². The molecule has 1 amide bonds. The van der Waals surface area contributed by atoms with Crippen molar-refractivity contribution in [3.63, 3.8) is 0 Å². The smallest absolute Gasteiger partial charge is 0.252 e. The van der Waals surface area contributed by atoms with Gasteiger partial charge in [-0.2, -0.15) is 0 Å². The first-order valence-electron chi connectivity index (χ1n) is 12.3. The van der Waals surface area contributed by atoms with Crippen LogP contribution in [0.1, 0.15) is 41.1 Å². The van der Waals surface area contributed by atoms with Crippen molar-refractivity contribution in [1.82, 2.24) is 16.2 Å². The summed E-state index contributed by atoms with van der Waals surface area (Å²) in [6, 6.07) is 9.67. The molecule has 4 atom stereocenters. The lowest BCUT2D eigenvalue weighted by molar-refractivity contribution is 0.0915. The fourth-order valence-corrected chi connectivity index (χ4v) is 6.41. The van der Waals surface area contributed by atoms with Gasteiger partial charge in [0, 0.05) is 47.9 Å². The van der Waals surface area contributed by atoms with E-state index in [9.17, 15) is 4.79 Å². The largest absolute Gasteiger partial charge is 0.495 e. The maximum atomic E-state index is 13.0. The van der Waals surface area contributed by atoms with Crippen LogP contribution in [-0.4, -0.2) is 58.6 Å². The Hall–Kier alpha value is -2.23. The summed E-state index contributed by atoms with van der Waals surface area (Å²) >= 11 is 13.4. The van der Waals surface area contributed by atoms with Gasteiger partial charge in [0.05, 0.1) is 43.6 Å². The number of halogens is 2. The van der Waals surface area contributed by atoms with Crippen molar-refractivity contribution in [1.29, 1.82) is 0 Å². The van der Waals surface area contributed by atoms with Crippen LogP contribution < -0.4 is 30.5 Å². The summed E-state index contributed by atoms with van der Waals surface area (Å²) in [5.41, 5.74) is 9.29. The Morgan fingerprint density at radius 1 is 1.03 bits per heavy atom. The van der Waals surface area contributed by atoms with Gasteiger partial charge in [-0.1, -0.05) is 23.2 Å². The molecule has 194 valence electrons. The van der Waals surface area contributed by atoms with Crippen molar-refractivity contribution in [2.45, 2.75) is 37.4 Å². The predicted molar refractivity (Wildman–Crippen MR) is 140 cm³/mol. The van der Waals surface area contributed by atoms with E-state index >= 15 is 0 Å². The van der Waals surface area contributed by atoms with Gasteiger partial charge < -0.3 is 24.4 Å². The summed E-state index contributed by atoms with van der Waals surface area (Å²) in [5, 5.41) is 4.23. The van der Waals surface area contributed by atoms with Crippen LogP contribution in [0.5, 0.6) is 11.5 Å². The molecular weight excluding hydrogens is 503 g/mol. The average Bonchev–Trinajstić information content (AvgIpc) is 3.31. The SMILES string of the molecule is COc1cc(OC)c(Cl)c(C2CCC3C(C2)NNC3NC(=O)c2ccc(N3CCOCC3)cc2)c1Cl. The van der Waals surface area contributed by atoms with E-state index in [1.54, 1.807) is 20.3 Å². The monoisotopic (exact) mass is 534 g/mol. The van der Waals surface area contributed by atoms with Gasteiger partial charge in [-0.25, -0.2) is 5.43 Å². The summed E-state index contributed by atoms with van der Waals surface area (Å²) in [4.78, 5) is 15.3. The van der Waals surface area contributed by atoms with E-state index in [2.05, 4.69) is 21.1 Å². The van der Waals surface area contributed by atoms with Gasteiger partial charge in [-0.05, 0) is 49.4 Å². The molecule has 10 heteroatoms. The fraction of sp³-hybridized carbons (Fsp3) is 0.500. The second kappa shape index (κ2) is 11.0. The highest BCUT2D eigenvalue weighted by atomic mass is 35.5. The Morgan fingerprint density at radius 3 is 2.33 bits per heavy atom. The summed E-state index contributed by atoms with van der Waals surface area (Å²) in [6.07, 6.45) is 2.46. The number of methoxy groups -OCH3 is 2. The summed E-state index contributed by atoms with van der Waals surface area (Å²) in [6.45, 7) is 3.20. The van der Waals surface area contributed by atoms with Crippen LogP contribution in [0.4, 0.5) is 5.69 Å². The van der Waals surface area contributed by atoms with Crippen LogP contribution in [-0.2, 0) is 4.74 Å². The number of hydrazine groups is 1. The molecule has 4 unspecified atom stereocenters. The number of morpholine rings is 1. The zero-order valence-electron chi connectivity index (χ0n) is 20.5. The first-order chi connectivity index (χ1) is 17.5. The highest BCUT2D eigenvalue weighted by molar-refractivity contribution is 6.38. The zero-order chi connectivity index (χ0) is 25.2. The van der Waals surface area contributed by atoms with Crippen LogP contribution in [0.25, 0.3) is 0 Å². The fourth-order valence-electron chi connectivity index (χ4n) is 5.60. The molecule has 1 aliphatic carbocycles. The van der Waals surface area contributed by atoms with E-state index in [0.717, 1.165) is 56.8 Å². The first kappa shape index (κ1) is 25.4. The average molecular weight is 535 g/mol. The van der Waals surface area contributed by atoms with E-state index in [1.807, 2.05) is 24.3 Å². The van der Waals surface area contributed by atoms with Crippen molar-refractivity contribution < 1.29 is 19.0 Å². The first-order valence-corrected chi connectivity index (χ1v) is 13.1. The molecule has 0 bridgehead atoms. The number of benzene rings is 2. The van der Waals surface area contributed by atoms with Gasteiger partial charge in [0.1, 0.15) is 11.5 Å². The summed E-state index contributed by atoms with van der Waals surface area (Å²) in [7, 11) is 3.17. The van der Waals surface area contributed by atoms with Crippen molar-refractivity contribution in [2.75, 3.05) is 45.4 Å². The minimum atomic E-state index is -0.159. The maximum Gasteiger partial charge on any atom is 0.252 e. The molecule has 2 saturated heterocycles. The van der Waals surface area contributed by atoms with Gasteiger partial charge in [0.15, 0.2) is 0 Å². The molecule has 2 aromatic carbocycles. The second-order valence-corrected chi connectivity index (χ2v) is 10.2. The van der Waals surface area contributed by atoms with Gasteiger partial charge in [0.2, 0.25) is 0 Å². The van der Waals surface area contributed by atoms with Gasteiger partial charge in [0.25, 0.3) is 5.91 Å². The number of carbonyl (C=O) groups is 1. The Kier molecular flexibility index (Phi) is 7.79. The third kappa shape index (κ3) is 4.97.